The number of hydrogen-bond donors (Lipinski definition) is 0. The number of carbonyl (C=O) groups excluding carboxylic acids is 1. The van der Waals surface area contributed by atoms with Gasteiger partial charge < -0.3 is 14.4 Å². The van der Waals surface area contributed by atoms with Crippen molar-refractivity contribution in [1.82, 2.24) is 9.88 Å². The van der Waals surface area contributed by atoms with Gasteiger partial charge in [-0.3, -0.25) is 4.79 Å². The number of ether oxygens (including phenoxy) is 2. The van der Waals surface area contributed by atoms with Crippen LogP contribution in [0.5, 0.6) is 11.6 Å². The molecule has 1 aromatic heterocycles. The number of methoxy groups -OCH3 is 1. The monoisotopic (exact) mass is 312 g/mol. The van der Waals surface area contributed by atoms with Crippen LogP contribution in [0, 0.1) is 0 Å². The third-order valence-corrected chi connectivity index (χ3v) is 3.91. The molecule has 0 radical (unpaired) electrons. The second-order valence-corrected chi connectivity index (χ2v) is 5.55. The molecule has 0 N–H and O–H groups in total. The Bertz CT molecular complexity index is 637. The Kier molecular flexibility index (Phi) is 4.76. The maximum atomic E-state index is 12.1. The van der Waals surface area contributed by atoms with Crippen molar-refractivity contribution in [3.05, 3.63) is 54.2 Å². The van der Waals surface area contributed by atoms with Crippen LogP contribution >= 0.6 is 0 Å². The molecule has 0 bridgehead atoms. The summed E-state index contributed by atoms with van der Waals surface area (Å²) < 4.78 is 10.8. The fourth-order valence-electron chi connectivity index (χ4n) is 2.51. The van der Waals surface area contributed by atoms with Gasteiger partial charge in [0.2, 0.25) is 11.8 Å². The quantitative estimate of drug-likeness (QED) is 0.821. The number of aromatic nitrogens is 1. The summed E-state index contributed by atoms with van der Waals surface area (Å²) in [4.78, 5) is 18.1. The van der Waals surface area contributed by atoms with Crippen LogP contribution in [0.1, 0.15) is 12.0 Å². The van der Waals surface area contributed by atoms with E-state index in [9.17, 15) is 4.79 Å². The summed E-state index contributed by atoms with van der Waals surface area (Å²) in [5.74, 6) is 1.61. The number of nitrogens with zero attached hydrogens (tertiary/aromatic N) is 2. The van der Waals surface area contributed by atoms with Crippen LogP contribution in [-0.4, -0.2) is 42.1 Å². The van der Waals surface area contributed by atoms with Crippen molar-refractivity contribution in [3.63, 3.8) is 0 Å². The molecule has 0 saturated carbocycles. The lowest BCUT2D eigenvalue weighted by atomic mass is 10.1. The Morgan fingerprint density at radius 1 is 1.22 bits per heavy atom. The third kappa shape index (κ3) is 4.00. The maximum absolute atomic E-state index is 12.1. The SMILES string of the molecule is COc1ccc(CCC(=O)N2CC(Oc3ccccn3)C2)cc1. The fraction of sp³-hybridized carbons (Fsp3) is 0.333. The summed E-state index contributed by atoms with van der Waals surface area (Å²) in [6, 6.07) is 13.4. The molecule has 2 heterocycles. The van der Waals surface area contributed by atoms with E-state index >= 15 is 0 Å². The molecule has 1 saturated heterocycles. The molecule has 23 heavy (non-hydrogen) atoms. The van der Waals surface area contributed by atoms with E-state index in [1.165, 1.54) is 0 Å². The first-order valence-corrected chi connectivity index (χ1v) is 7.73. The van der Waals surface area contributed by atoms with Crippen molar-refractivity contribution in [2.45, 2.75) is 18.9 Å². The molecule has 120 valence electrons. The highest BCUT2D eigenvalue weighted by molar-refractivity contribution is 5.77. The number of benzene rings is 1. The van der Waals surface area contributed by atoms with Crippen LogP contribution in [-0.2, 0) is 11.2 Å². The molecule has 5 nitrogen and oxygen atoms in total. The van der Waals surface area contributed by atoms with Crippen molar-refractivity contribution in [1.29, 1.82) is 0 Å². The third-order valence-electron chi connectivity index (χ3n) is 3.91. The summed E-state index contributed by atoms with van der Waals surface area (Å²) in [7, 11) is 1.64. The first-order chi connectivity index (χ1) is 11.2. The second-order valence-electron chi connectivity index (χ2n) is 5.55. The van der Waals surface area contributed by atoms with Gasteiger partial charge >= 0.3 is 0 Å². The van der Waals surface area contributed by atoms with E-state index in [1.54, 1.807) is 13.3 Å². The van der Waals surface area contributed by atoms with Crippen molar-refractivity contribution in [2.24, 2.45) is 0 Å². The predicted molar refractivity (Wildman–Crippen MR) is 86.5 cm³/mol. The summed E-state index contributed by atoms with van der Waals surface area (Å²) in [6.45, 7) is 1.27. The van der Waals surface area contributed by atoms with Crippen molar-refractivity contribution >= 4 is 5.91 Å². The molecule has 5 heteroatoms. The van der Waals surface area contributed by atoms with Crippen LogP contribution in [0.3, 0.4) is 0 Å². The van der Waals surface area contributed by atoms with Gasteiger partial charge in [-0.25, -0.2) is 4.98 Å². The lowest BCUT2D eigenvalue weighted by Gasteiger charge is -2.38. The zero-order valence-electron chi connectivity index (χ0n) is 13.1. The molecule has 1 aliphatic rings. The Morgan fingerprint density at radius 2 is 2.00 bits per heavy atom. The summed E-state index contributed by atoms with van der Waals surface area (Å²) in [6.07, 6.45) is 3.01. The number of rotatable bonds is 6. The largest absolute Gasteiger partial charge is 0.497 e. The number of amides is 1. The van der Waals surface area contributed by atoms with Gasteiger partial charge in [0.05, 0.1) is 20.2 Å². The fourth-order valence-corrected chi connectivity index (χ4v) is 2.51. The molecule has 2 aromatic rings. The number of hydrogen-bond acceptors (Lipinski definition) is 4. The van der Waals surface area contributed by atoms with Gasteiger partial charge in [0, 0.05) is 18.7 Å². The molecule has 0 atom stereocenters. The molecule has 0 unspecified atom stereocenters. The molecule has 1 aliphatic heterocycles. The van der Waals surface area contributed by atoms with Gasteiger partial charge in [0.1, 0.15) is 11.9 Å². The van der Waals surface area contributed by atoms with E-state index in [4.69, 9.17) is 9.47 Å². The van der Waals surface area contributed by atoms with Gasteiger partial charge in [-0.05, 0) is 30.2 Å². The normalized spacial score (nSPS) is 14.2. The van der Waals surface area contributed by atoms with Crippen LogP contribution < -0.4 is 9.47 Å². The highest BCUT2D eigenvalue weighted by atomic mass is 16.5. The summed E-state index contributed by atoms with van der Waals surface area (Å²) >= 11 is 0. The molecule has 1 amide bonds. The number of likely N-dealkylation sites (tertiary alicyclic amines) is 1. The van der Waals surface area contributed by atoms with E-state index in [2.05, 4.69) is 4.98 Å². The second kappa shape index (κ2) is 7.13. The zero-order chi connectivity index (χ0) is 16.1. The molecule has 1 aromatic carbocycles. The minimum atomic E-state index is 0.0508. The highest BCUT2D eigenvalue weighted by Gasteiger charge is 2.32. The molecular formula is C18H20N2O3. The summed E-state index contributed by atoms with van der Waals surface area (Å²) in [5.41, 5.74) is 1.14. The molecule has 0 aliphatic carbocycles. The standard InChI is InChI=1S/C18H20N2O3/c1-22-15-8-5-14(6-9-15)7-10-18(21)20-12-16(13-20)23-17-4-2-3-11-19-17/h2-6,8-9,11,16H,7,10,12-13H2,1H3. The first-order valence-electron chi connectivity index (χ1n) is 7.73. The van der Waals surface area contributed by atoms with E-state index < -0.39 is 0 Å². The first kappa shape index (κ1) is 15.3. The lowest BCUT2D eigenvalue weighted by molar-refractivity contribution is -0.140. The average Bonchev–Trinajstić information content (AvgIpc) is 2.57. The van der Waals surface area contributed by atoms with E-state index in [-0.39, 0.29) is 12.0 Å². The molecule has 1 fully saturated rings. The van der Waals surface area contributed by atoms with Crippen LogP contribution in [0.4, 0.5) is 0 Å². The molecule has 3 rings (SSSR count). The Hall–Kier alpha value is -2.56. The van der Waals surface area contributed by atoms with E-state index in [0.717, 1.165) is 17.7 Å². The zero-order valence-corrected chi connectivity index (χ0v) is 13.1. The average molecular weight is 312 g/mol. The predicted octanol–water partition coefficient (Wildman–Crippen LogP) is 2.31. The van der Waals surface area contributed by atoms with E-state index in [1.807, 2.05) is 47.4 Å². The van der Waals surface area contributed by atoms with Crippen molar-refractivity contribution < 1.29 is 14.3 Å². The Balaban J connectivity index is 1.40. The molecular weight excluding hydrogens is 292 g/mol. The van der Waals surface area contributed by atoms with Crippen molar-refractivity contribution in [3.8, 4) is 11.6 Å². The highest BCUT2D eigenvalue weighted by Crippen LogP contribution is 2.18. The van der Waals surface area contributed by atoms with Crippen LogP contribution in [0.2, 0.25) is 0 Å². The number of aryl methyl sites for hydroxylation is 1. The number of pyridine rings is 1. The lowest BCUT2D eigenvalue weighted by Crippen LogP contribution is -2.56. The van der Waals surface area contributed by atoms with Gasteiger partial charge in [-0.1, -0.05) is 18.2 Å². The van der Waals surface area contributed by atoms with Gasteiger partial charge in [0.25, 0.3) is 0 Å². The van der Waals surface area contributed by atoms with Crippen molar-refractivity contribution in [2.75, 3.05) is 20.2 Å². The smallest absolute Gasteiger partial charge is 0.223 e. The number of carbonyl (C=O) groups is 1. The topological polar surface area (TPSA) is 51.7 Å². The molecule has 0 spiro atoms. The van der Waals surface area contributed by atoms with Crippen LogP contribution in [0.25, 0.3) is 0 Å². The Labute approximate surface area is 135 Å². The Morgan fingerprint density at radius 3 is 2.65 bits per heavy atom. The minimum absolute atomic E-state index is 0.0508. The minimum Gasteiger partial charge on any atom is -0.497 e. The van der Waals surface area contributed by atoms with Gasteiger partial charge in [0.15, 0.2) is 0 Å². The van der Waals surface area contributed by atoms with E-state index in [0.29, 0.717) is 25.4 Å². The maximum Gasteiger partial charge on any atom is 0.223 e. The van der Waals surface area contributed by atoms with Gasteiger partial charge in [-0.2, -0.15) is 0 Å². The van der Waals surface area contributed by atoms with Gasteiger partial charge in [-0.15, -0.1) is 0 Å². The van der Waals surface area contributed by atoms with Crippen LogP contribution in [0.15, 0.2) is 48.7 Å². The summed E-state index contributed by atoms with van der Waals surface area (Å²) in [5, 5.41) is 0.